The van der Waals surface area contributed by atoms with E-state index in [4.69, 9.17) is 4.74 Å². The molecule has 4 nitrogen and oxygen atoms in total. The molecule has 1 aromatic rings. The van der Waals surface area contributed by atoms with Crippen LogP contribution in [0.1, 0.15) is 57.8 Å². The fourth-order valence-corrected chi connectivity index (χ4v) is 2.17. The zero-order chi connectivity index (χ0) is 16.0. The molecule has 2 unspecified atom stereocenters. The van der Waals surface area contributed by atoms with E-state index in [0.29, 0.717) is 5.75 Å². The molecule has 0 aliphatic rings. The Hall–Kier alpha value is -1.55. The van der Waals surface area contributed by atoms with Gasteiger partial charge in [-0.15, -0.1) is 0 Å². The Morgan fingerprint density at radius 2 is 2.00 bits per heavy atom. The Balaban J connectivity index is 2.66. The molecule has 0 radical (unpaired) electrons. The van der Waals surface area contributed by atoms with E-state index in [1.807, 2.05) is 26.0 Å². The molecule has 1 amide bonds. The lowest BCUT2D eigenvalue weighted by molar-refractivity contribution is -0.127. The van der Waals surface area contributed by atoms with E-state index in [9.17, 15) is 9.90 Å². The first-order chi connectivity index (χ1) is 9.85. The zero-order valence-electron chi connectivity index (χ0n) is 13.6. The Kier molecular flexibility index (Phi) is 6.69. The highest BCUT2D eigenvalue weighted by Crippen LogP contribution is 2.23. The van der Waals surface area contributed by atoms with Gasteiger partial charge in [0.25, 0.3) is 5.91 Å². The van der Waals surface area contributed by atoms with Gasteiger partial charge < -0.3 is 15.2 Å². The van der Waals surface area contributed by atoms with Crippen LogP contribution in [0.15, 0.2) is 18.2 Å². The summed E-state index contributed by atoms with van der Waals surface area (Å²) < 4.78 is 5.73. The number of aliphatic hydroxyl groups excluding tert-OH is 1. The molecule has 21 heavy (non-hydrogen) atoms. The lowest BCUT2D eigenvalue weighted by Gasteiger charge is -2.19. The molecule has 4 heteroatoms. The van der Waals surface area contributed by atoms with Crippen LogP contribution >= 0.6 is 0 Å². The fraction of sp³-hybridized carbons (Fsp3) is 0.588. The molecular formula is C17H27NO3. The molecule has 0 saturated carbocycles. The van der Waals surface area contributed by atoms with Gasteiger partial charge in [0.1, 0.15) is 5.75 Å². The Labute approximate surface area is 127 Å². The van der Waals surface area contributed by atoms with E-state index in [2.05, 4.69) is 12.2 Å². The van der Waals surface area contributed by atoms with E-state index >= 15 is 0 Å². The maximum Gasteiger partial charge on any atom is 0.260 e. The van der Waals surface area contributed by atoms with Crippen LogP contribution in [0.4, 0.5) is 0 Å². The van der Waals surface area contributed by atoms with E-state index in [0.717, 1.165) is 24.0 Å². The van der Waals surface area contributed by atoms with Crippen molar-refractivity contribution in [1.82, 2.24) is 5.32 Å². The number of carbonyl (C=O) groups excluding carboxylic acids is 1. The Morgan fingerprint density at radius 3 is 2.52 bits per heavy atom. The summed E-state index contributed by atoms with van der Waals surface area (Å²) >= 11 is 0. The molecule has 2 N–H and O–H groups in total. The summed E-state index contributed by atoms with van der Waals surface area (Å²) in [6, 6.07) is 5.66. The van der Waals surface area contributed by atoms with Crippen LogP contribution in [0, 0.1) is 6.92 Å². The van der Waals surface area contributed by atoms with Crippen LogP contribution in [0.5, 0.6) is 5.75 Å². The van der Waals surface area contributed by atoms with Crippen molar-refractivity contribution in [3.05, 3.63) is 29.3 Å². The van der Waals surface area contributed by atoms with Gasteiger partial charge in [0.05, 0.1) is 6.10 Å². The molecule has 1 rings (SSSR count). The summed E-state index contributed by atoms with van der Waals surface area (Å²) in [4.78, 5) is 12.0. The predicted octanol–water partition coefficient (Wildman–Crippen LogP) is 3.12. The minimum absolute atomic E-state index is 0.102. The summed E-state index contributed by atoms with van der Waals surface area (Å²) in [5.41, 5.74) is 1.75. The average molecular weight is 293 g/mol. The van der Waals surface area contributed by atoms with Gasteiger partial charge in [-0.2, -0.15) is 0 Å². The van der Waals surface area contributed by atoms with E-state index < -0.39 is 12.2 Å². The van der Waals surface area contributed by atoms with Crippen molar-refractivity contribution < 1.29 is 14.6 Å². The maximum atomic E-state index is 12.0. The van der Waals surface area contributed by atoms with Crippen LogP contribution in [0.25, 0.3) is 0 Å². The minimum atomic E-state index is -0.541. The third-order valence-electron chi connectivity index (χ3n) is 3.46. The number of ether oxygens (including phenoxy) is 1. The second kappa shape index (κ2) is 8.03. The molecule has 0 fully saturated rings. The fourth-order valence-electron chi connectivity index (χ4n) is 2.17. The van der Waals surface area contributed by atoms with Crippen LogP contribution in [0.2, 0.25) is 0 Å². The zero-order valence-corrected chi connectivity index (χ0v) is 13.6. The topological polar surface area (TPSA) is 58.6 Å². The number of aliphatic hydroxyl groups is 1. The van der Waals surface area contributed by atoms with Crippen LogP contribution < -0.4 is 10.1 Å². The van der Waals surface area contributed by atoms with Gasteiger partial charge in [0, 0.05) is 6.04 Å². The number of nitrogens with one attached hydrogen (secondary N) is 1. The predicted molar refractivity (Wildman–Crippen MR) is 84.4 cm³/mol. The highest BCUT2D eigenvalue weighted by atomic mass is 16.5. The van der Waals surface area contributed by atoms with Gasteiger partial charge in [-0.05, 0) is 57.4 Å². The number of benzene rings is 1. The average Bonchev–Trinajstić information content (AvgIpc) is 2.40. The van der Waals surface area contributed by atoms with Crippen LogP contribution in [-0.2, 0) is 4.79 Å². The highest BCUT2D eigenvalue weighted by Gasteiger charge is 2.17. The molecule has 0 spiro atoms. The van der Waals surface area contributed by atoms with Crippen molar-refractivity contribution in [2.24, 2.45) is 0 Å². The number of carbonyl (C=O) groups is 1. The molecule has 0 aliphatic heterocycles. The largest absolute Gasteiger partial charge is 0.481 e. The Bertz CT molecular complexity index is 471. The lowest BCUT2D eigenvalue weighted by Crippen LogP contribution is -2.41. The summed E-state index contributed by atoms with van der Waals surface area (Å²) in [7, 11) is 0. The number of rotatable bonds is 7. The summed E-state index contributed by atoms with van der Waals surface area (Å²) in [6.45, 7) is 9.47. The Morgan fingerprint density at radius 1 is 1.33 bits per heavy atom. The monoisotopic (exact) mass is 293 g/mol. The quantitative estimate of drug-likeness (QED) is 0.812. The van der Waals surface area contributed by atoms with Gasteiger partial charge in [-0.25, -0.2) is 0 Å². The molecule has 3 atom stereocenters. The standard InChI is InChI=1S/C17H27NO3/c1-6-7-12(3)18-17(20)14(5)21-16-9-8-15(13(4)19)10-11(16)2/h8-10,12-14,19H,6-7H2,1-5H3,(H,18,20)/t12?,13-,14?/m1/s1. The number of hydrogen-bond donors (Lipinski definition) is 2. The molecule has 0 aliphatic carbocycles. The van der Waals surface area contributed by atoms with Gasteiger partial charge in [-0.1, -0.05) is 19.4 Å². The lowest BCUT2D eigenvalue weighted by atomic mass is 10.1. The molecule has 0 aromatic heterocycles. The van der Waals surface area contributed by atoms with Crippen molar-refractivity contribution in [2.75, 3.05) is 0 Å². The number of aryl methyl sites for hydroxylation is 1. The number of hydrogen-bond acceptors (Lipinski definition) is 3. The maximum absolute atomic E-state index is 12.0. The molecular weight excluding hydrogens is 266 g/mol. The molecule has 1 aromatic carbocycles. The smallest absolute Gasteiger partial charge is 0.260 e. The third kappa shape index (κ3) is 5.38. The molecule has 0 bridgehead atoms. The van der Waals surface area contributed by atoms with Crippen molar-refractivity contribution in [3.8, 4) is 5.75 Å². The van der Waals surface area contributed by atoms with E-state index in [1.165, 1.54) is 0 Å². The first-order valence-electron chi connectivity index (χ1n) is 7.60. The number of amides is 1. The summed E-state index contributed by atoms with van der Waals surface area (Å²) in [5.74, 6) is 0.570. The van der Waals surface area contributed by atoms with Gasteiger partial charge >= 0.3 is 0 Å². The van der Waals surface area contributed by atoms with Crippen LogP contribution in [0.3, 0.4) is 0 Å². The molecule has 118 valence electrons. The van der Waals surface area contributed by atoms with Crippen LogP contribution in [-0.4, -0.2) is 23.2 Å². The minimum Gasteiger partial charge on any atom is -0.481 e. The van der Waals surface area contributed by atoms with Crippen molar-refractivity contribution in [1.29, 1.82) is 0 Å². The second-order valence-corrected chi connectivity index (χ2v) is 5.66. The second-order valence-electron chi connectivity index (χ2n) is 5.66. The van der Waals surface area contributed by atoms with Gasteiger partial charge in [-0.3, -0.25) is 4.79 Å². The van der Waals surface area contributed by atoms with Gasteiger partial charge in [0.15, 0.2) is 6.10 Å². The highest BCUT2D eigenvalue weighted by molar-refractivity contribution is 5.81. The SMILES string of the molecule is CCCC(C)NC(=O)C(C)Oc1ccc([C@@H](C)O)cc1C. The first-order valence-corrected chi connectivity index (χ1v) is 7.60. The van der Waals surface area contributed by atoms with E-state index in [1.54, 1.807) is 19.9 Å². The van der Waals surface area contributed by atoms with Crippen molar-refractivity contribution in [3.63, 3.8) is 0 Å². The third-order valence-corrected chi connectivity index (χ3v) is 3.46. The normalized spacial score (nSPS) is 15.1. The summed E-state index contributed by atoms with van der Waals surface area (Å²) in [5, 5.41) is 12.5. The molecule has 0 saturated heterocycles. The summed E-state index contributed by atoms with van der Waals surface area (Å²) in [6.07, 6.45) is 0.950. The van der Waals surface area contributed by atoms with Crippen molar-refractivity contribution >= 4 is 5.91 Å². The van der Waals surface area contributed by atoms with E-state index in [-0.39, 0.29) is 11.9 Å². The van der Waals surface area contributed by atoms with Crippen molar-refractivity contribution in [2.45, 2.75) is 65.7 Å². The molecule has 0 heterocycles. The first kappa shape index (κ1) is 17.5. The van der Waals surface area contributed by atoms with Gasteiger partial charge in [0.2, 0.25) is 0 Å².